The van der Waals surface area contributed by atoms with E-state index in [4.69, 9.17) is 16.3 Å². The van der Waals surface area contributed by atoms with Crippen LogP contribution in [0.3, 0.4) is 0 Å². The van der Waals surface area contributed by atoms with Crippen LogP contribution in [0.1, 0.15) is 49.5 Å². The molecule has 0 saturated heterocycles. The van der Waals surface area contributed by atoms with Gasteiger partial charge in [0.2, 0.25) is 5.91 Å². The van der Waals surface area contributed by atoms with Crippen molar-refractivity contribution in [3.05, 3.63) is 58.6 Å². The molecular formula is C22H27ClN2O3. The Morgan fingerprint density at radius 2 is 1.75 bits per heavy atom. The fourth-order valence-electron chi connectivity index (χ4n) is 2.61. The number of anilines is 1. The number of benzene rings is 2. The van der Waals surface area contributed by atoms with Crippen LogP contribution in [-0.2, 0) is 10.2 Å². The summed E-state index contributed by atoms with van der Waals surface area (Å²) in [5.74, 6) is 0.352. The lowest BCUT2D eigenvalue weighted by molar-refractivity contribution is -0.116. The highest BCUT2D eigenvalue weighted by atomic mass is 35.5. The summed E-state index contributed by atoms with van der Waals surface area (Å²) in [5, 5.41) is 5.63. The molecule has 0 aliphatic heterocycles. The molecule has 0 aromatic heterocycles. The third-order valence-corrected chi connectivity index (χ3v) is 4.59. The van der Waals surface area contributed by atoms with Crippen LogP contribution >= 0.6 is 11.6 Å². The first kappa shape index (κ1) is 21.8. The van der Waals surface area contributed by atoms with Crippen molar-refractivity contribution in [3.63, 3.8) is 0 Å². The summed E-state index contributed by atoms with van der Waals surface area (Å²) in [6, 6.07) is 12.8. The van der Waals surface area contributed by atoms with Crippen LogP contribution in [0.5, 0.6) is 5.75 Å². The molecule has 150 valence electrons. The molecule has 2 amide bonds. The minimum atomic E-state index is -0.299. The predicted octanol–water partition coefficient (Wildman–Crippen LogP) is 4.79. The van der Waals surface area contributed by atoms with Gasteiger partial charge < -0.3 is 15.4 Å². The molecule has 0 radical (unpaired) electrons. The molecule has 28 heavy (non-hydrogen) atoms. The summed E-state index contributed by atoms with van der Waals surface area (Å²) in [4.78, 5) is 23.9. The molecular weight excluding hydrogens is 376 g/mol. The Morgan fingerprint density at radius 3 is 2.36 bits per heavy atom. The lowest BCUT2D eigenvalue weighted by Gasteiger charge is -2.19. The Hall–Kier alpha value is -2.53. The summed E-state index contributed by atoms with van der Waals surface area (Å²) >= 11 is 6.01. The Morgan fingerprint density at radius 1 is 1.07 bits per heavy atom. The Balaban J connectivity index is 1.79. The summed E-state index contributed by atoms with van der Waals surface area (Å²) in [5.41, 5.74) is 2.21. The van der Waals surface area contributed by atoms with E-state index in [9.17, 15) is 9.59 Å². The first-order valence-electron chi connectivity index (χ1n) is 9.25. The van der Waals surface area contributed by atoms with Crippen LogP contribution in [0, 0.1) is 0 Å². The average Bonchev–Trinajstić information content (AvgIpc) is 2.66. The minimum absolute atomic E-state index is 0.107. The van der Waals surface area contributed by atoms with E-state index in [-0.39, 0.29) is 17.2 Å². The van der Waals surface area contributed by atoms with Crippen LogP contribution < -0.4 is 15.4 Å². The third-order valence-electron chi connectivity index (χ3n) is 4.26. The van der Waals surface area contributed by atoms with Crippen molar-refractivity contribution in [2.75, 3.05) is 19.0 Å². The Bertz CT molecular complexity index is 827. The third kappa shape index (κ3) is 6.27. The van der Waals surface area contributed by atoms with E-state index >= 15 is 0 Å². The van der Waals surface area contributed by atoms with E-state index in [0.717, 1.165) is 5.75 Å². The summed E-state index contributed by atoms with van der Waals surface area (Å²) in [7, 11) is 1.53. The molecule has 5 nitrogen and oxygen atoms in total. The summed E-state index contributed by atoms with van der Waals surface area (Å²) in [6.45, 7) is 6.95. The van der Waals surface area contributed by atoms with Crippen molar-refractivity contribution in [2.24, 2.45) is 0 Å². The zero-order valence-corrected chi connectivity index (χ0v) is 17.5. The number of hydrogen-bond donors (Lipinski definition) is 2. The Labute approximate surface area is 171 Å². The van der Waals surface area contributed by atoms with Gasteiger partial charge in [-0.15, -0.1) is 0 Å². The number of carbonyl (C=O) groups excluding carboxylic acids is 2. The molecule has 0 spiro atoms. The Kier molecular flexibility index (Phi) is 7.46. The zero-order valence-electron chi connectivity index (χ0n) is 16.8. The van der Waals surface area contributed by atoms with Crippen LogP contribution in [0.15, 0.2) is 42.5 Å². The van der Waals surface area contributed by atoms with Crippen molar-refractivity contribution in [1.29, 1.82) is 0 Å². The lowest BCUT2D eigenvalue weighted by atomic mass is 9.87. The summed E-state index contributed by atoms with van der Waals surface area (Å²) in [6.07, 6.45) is 0.904. The topological polar surface area (TPSA) is 67.4 Å². The van der Waals surface area contributed by atoms with Crippen molar-refractivity contribution in [2.45, 2.75) is 39.0 Å². The van der Waals surface area contributed by atoms with Gasteiger partial charge in [-0.1, -0.05) is 44.5 Å². The van der Waals surface area contributed by atoms with Crippen molar-refractivity contribution in [1.82, 2.24) is 5.32 Å². The highest BCUT2D eigenvalue weighted by Crippen LogP contribution is 2.24. The van der Waals surface area contributed by atoms with Gasteiger partial charge in [0.15, 0.2) is 0 Å². The van der Waals surface area contributed by atoms with E-state index in [0.29, 0.717) is 35.7 Å². The second-order valence-electron chi connectivity index (χ2n) is 7.55. The van der Waals surface area contributed by atoms with Crippen LogP contribution in [0.2, 0.25) is 5.02 Å². The van der Waals surface area contributed by atoms with Gasteiger partial charge in [0.1, 0.15) is 5.75 Å². The van der Waals surface area contributed by atoms with Crippen molar-refractivity contribution >= 4 is 29.1 Å². The highest BCUT2D eigenvalue weighted by Gasteiger charge is 2.13. The van der Waals surface area contributed by atoms with Crippen molar-refractivity contribution < 1.29 is 14.3 Å². The van der Waals surface area contributed by atoms with Gasteiger partial charge in [-0.05, 0) is 47.7 Å². The van der Waals surface area contributed by atoms with Gasteiger partial charge in [0, 0.05) is 19.2 Å². The minimum Gasteiger partial charge on any atom is -0.494 e. The van der Waals surface area contributed by atoms with Gasteiger partial charge in [-0.25, -0.2) is 0 Å². The van der Waals surface area contributed by atoms with E-state index in [2.05, 4.69) is 43.5 Å². The highest BCUT2D eigenvalue weighted by molar-refractivity contribution is 6.34. The molecule has 0 atom stereocenters. The van der Waals surface area contributed by atoms with E-state index < -0.39 is 0 Å². The fourth-order valence-corrected chi connectivity index (χ4v) is 2.81. The molecule has 6 heteroatoms. The molecule has 0 aliphatic carbocycles. The normalized spacial score (nSPS) is 11.0. The fraction of sp³-hybridized carbons (Fsp3) is 0.364. The SMILES string of the molecule is CNC(=O)c1cc(NC(=O)CCCOc2ccc(C(C)(C)C)cc2)ccc1Cl. The van der Waals surface area contributed by atoms with Gasteiger partial charge in [0.25, 0.3) is 5.91 Å². The van der Waals surface area contributed by atoms with Gasteiger partial charge in [-0.3, -0.25) is 9.59 Å². The maximum absolute atomic E-state index is 12.1. The molecule has 2 N–H and O–H groups in total. The number of nitrogens with one attached hydrogen (secondary N) is 2. The number of halogens is 1. The summed E-state index contributed by atoms with van der Waals surface area (Å²) < 4.78 is 5.70. The van der Waals surface area contributed by atoms with Crippen molar-refractivity contribution in [3.8, 4) is 5.75 Å². The van der Waals surface area contributed by atoms with Crippen LogP contribution in [0.4, 0.5) is 5.69 Å². The van der Waals surface area contributed by atoms with Gasteiger partial charge >= 0.3 is 0 Å². The molecule has 0 saturated carbocycles. The number of carbonyl (C=O) groups is 2. The van der Waals surface area contributed by atoms with Crippen LogP contribution in [0.25, 0.3) is 0 Å². The molecule has 0 heterocycles. The molecule has 0 unspecified atom stereocenters. The number of hydrogen-bond acceptors (Lipinski definition) is 3. The second kappa shape index (κ2) is 9.60. The van der Waals surface area contributed by atoms with E-state index in [1.54, 1.807) is 18.2 Å². The maximum Gasteiger partial charge on any atom is 0.252 e. The molecule has 2 rings (SSSR count). The lowest BCUT2D eigenvalue weighted by Crippen LogP contribution is -2.19. The quantitative estimate of drug-likeness (QED) is 0.654. The smallest absolute Gasteiger partial charge is 0.252 e. The molecule has 2 aromatic rings. The van der Waals surface area contributed by atoms with Gasteiger partial charge in [0.05, 0.1) is 17.2 Å². The predicted molar refractivity (Wildman–Crippen MR) is 113 cm³/mol. The molecule has 0 fully saturated rings. The largest absolute Gasteiger partial charge is 0.494 e. The standard InChI is InChI=1S/C22H27ClN2O3/c1-22(2,3)15-7-10-17(11-8-15)28-13-5-6-20(26)25-16-9-12-19(23)18(14-16)21(27)24-4/h7-12,14H,5-6,13H2,1-4H3,(H,24,27)(H,25,26). The average molecular weight is 403 g/mol. The molecule has 0 bridgehead atoms. The molecule has 2 aromatic carbocycles. The monoisotopic (exact) mass is 402 g/mol. The van der Waals surface area contributed by atoms with E-state index in [1.807, 2.05) is 12.1 Å². The zero-order chi connectivity index (χ0) is 20.7. The number of ether oxygens (including phenoxy) is 1. The first-order valence-corrected chi connectivity index (χ1v) is 9.63. The van der Waals surface area contributed by atoms with E-state index in [1.165, 1.54) is 12.6 Å². The number of rotatable bonds is 7. The maximum atomic E-state index is 12.1. The number of amides is 2. The second-order valence-corrected chi connectivity index (χ2v) is 7.96. The van der Waals surface area contributed by atoms with Crippen LogP contribution in [-0.4, -0.2) is 25.5 Å². The first-order chi connectivity index (χ1) is 13.2. The molecule has 0 aliphatic rings. The van der Waals surface area contributed by atoms with Gasteiger partial charge in [-0.2, -0.15) is 0 Å².